The van der Waals surface area contributed by atoms with Gasteiger partial charge in [-0.25, -0.2) is 0 Å². The molecule has 0 fully saturated rings. The summed E-state index contributed by atoms with van der Waals surface area (Å²) >= 11 is 0. The minimum atomic E-state index is -1.11. The van der Waals surface area contributed by atoms with Gasteiger partial charge in [0.05, 0.1) is 18.5 Å². The van der Waals surface area contributed by atoms with E-state index in [2.05, 4.69) is 30.9 Å². The molecule has 6 nitrogen and oxygen atoms in total. The molecule has 1 aromatic carbocycles. The Morgan fingerprint density at radius 3 is 2.21 bits per heavy atom. The van der Waals surface area contributed by atoms with Gasteiger partial charge in [0, 0.05) is 44.6 Å². The number of aromatic nitrogens is 1. The van der Waals surface area contributed by atoms with Crippen molar-refractivity contribution in [3.8, 4) is 11.1 Å². The Kier molecular flexibility index (Phi) is 9.47. The van der Waals surface area contributed by atoms with E-state index >= 15 is 0 Å². The van der Waals surface area contributed by atoms with Gasteiger partial charge in [-0.15, -0.1) is 4.58 Å². The van der Waals surface area contributed by atoms with E-state index in [0.717, 1.165) is 33.5 Å². The normalized spacial score (nSPS) is 13.1. The maximum Gasteiger partial charge on any atom is 0.598 e. The summed E-state index contributed by atoms with van der Waals surface area (Å²) in [5.74, 6) is 0. The first kappa shape index (κ1) is 27.6. The predicted octanol–water partition coefficient (Wildman–Crippen LogP) is 6.05. The highest BCUT2D eigenvalue weighted by Gasteiger charge is 2.41. The van der Waals surface area contributed by atoms with Crippen LogP contribution in [0.15, 0.2) is 42.6 Å². The number of alkyl halides is 1. The van der Waals surface area contributed by atoms with Crippen molar-refractivity contribution in [2.24, 2.45) is 0 Å². The second-order valence-corrected chi connectivity index (χ2v) is 10.1. The van der Waals surface area contributed by atoms with Gasteiger partial charge in [-0.05, 0) is 38.0 Å². The maximum atomic E-state index is 13.4. The van der Waals surface area contributed by atoms with Crippen molar-refractivity contribution in [2.75, 3.05) is 6.67 Å². The lowest BCUT2D eigenvalue weighted by Gasteiger charge is -2.28. The average molecular weight is 473 g/mol. The smallest absolute Gasteiger partial charge is 0.406 e. The average Bonchev–Trinajstić information content (AvgIpc) is 2.76. The van der Waals surface area contributed by atoms with E-state index < -0.39 is 30.2 Å². The van der Waals surface area contributed by atoms with Gasteiger partial charge in [0.25, 0.3) is 5.72 Å². The number of carbonyl (C=O) groups is 1. The number of hydrogen-bond donors (Lipinski definition) is 1. The van der Waals surface area contributed by atoms with Crippen LogP contribution in [-0.4, -0.2) is 46.4 Å². The third kappa shape index (κ3) is 8.29. The molecule has 0 saturated carbocycles. The summed E-state index contributed by atoms with van der Waals surface area (Å²) in [5, 5.41) is 3.35. The Morgan fingerprint density at radius 2 is 1.71 bits per heavy atom. The highest BCUT2D eigenvalue weighted by atomic mass is 19.1. The molecule has 1 aromatic heterocycles. The maximum absolute atomic E-state index is 13.4. The summed E-state index contributed by atoms with van der Waals surface area (Å²) < 4.78 is 26.1. The fourth-order valence-electron chi connectivity index (χ4n) is 3.24. The van der Waals surface area contributed by atoms with Crippen molar-refractivity contribution in [1.82, 2.24) is 10.3 Å². The molecule has 0 spiro atoms. The molecule has 2 rings (SSSR count). The zero-order valence-electron chi connectivity index (χ0n) is 21.5. The molecule has 0 aliphatic heterocycles. The Hall–Kier alpha value is -2.64. The van der Waals surface area contributed by atoms with Crippen molar-refractivity contribution in [3.05, 3.63) is 53.9 Å². The molecule has 1 unspecified atom stereocenters. The Bertz CT molecular complexity index is 949. The quantitative estimate of drug-likeness (QED) is 0.259. The number of nitrogens with one attached hydrogen (secondary N) is 1. The summed E-state index contributed by atoms with van der Waals surface area (Å²) in [6, 6.07) is 12.2. The lowest BCUT2D eigenvalue weighted by molar-refractivity contribution is -0.589. The van der Waals surface area contributed by atoms with Crippen LogP contribution in [0.25, 0.3) is 11.1 Å². The molecule has 0 aliphatic carbocycles. The molecule has 1 N–H and O–H groups in total. The summed E-state index contributed by atoms with van der Waals surface area (Å²) in [7, 11) is 0. The van der Waals surface area contributed by atoms with Crippen LogP contribution in [-0.2, 0) is 16.0 Å². The van der Waals surface area contributed by atoms with E-state index in [1.807, 2.05) is 42.6 Å². The van der Waals surface area contributed by atoms with Crippen LogP contribution in [0.5, 0.6) is 0 Å². The second kappa shape index (κ2) is 11.7. The van der Waals surface area contributed by atoms with Crippen LogP contribution in [0, 0.1) is 0 Å². The number of ether oxygens (including phenoxy) is 2. The van der Waals surface area contributed by atoms with Crippen LogP contribution in [0.3, 0.4) is 0 Å². The summed E-state index contributed by atoms with van der Waals surface area (Å²) in [5.41, 5.74) is 2.04. The predicted molar refractivity (Wildman–Crippen MR) is 134 cm³/mol. The largest absolute Gasteiger partial charge is 0.598 e. The molecule has 7 heteroatoms. The van der Waals surface area contributed by atoms with E-state index in [9.17, 15) is 9.18 Å². The van der Waals surface area contributed by atoms with Crippen LogP contribution >= 0.6 is 0 Å². The molecule has 1 heterocycles. The van der Waals surface area contributed by atoms with Gasteiger partial charge in [0.2, 0.25) is 0 Å². The van der Waals surface area contributed by atoms with Gasteiger partial charge in [-0.3, -0.25) is 9.37 Å². The van der Waals surface area contributed by atoms with Crippen LogP contribution in [0.1, 0.15) is 72.2 Å². The third-order valence-electron chi connectivity index (χ3n) is 5.20. The molecule has 0 radical (unpaired) electrons. The highest BCUT2D eigenvalue weighted by Crippen LogP contribution is 2.30. The SMILES string of the molecule is C=[N+](C(=O)OC(C)(C)C)C(C)(C)OC(CCF)c1ccc(-c2ccc(CNC(C)C)nc2)cc1. The van der Waals surface area contributed by atoms with Crippen molar-refractivity contribution in [1.29, 1.82) is 0 Å². The number of halogens is 1. The minimum Gasteiger partial charge on any atom is -0.406 e. The summed E-state index contributed by atoms with van der Waals surface area (Å²) in [6.45, 7) is 17.0. The molecule has 0 aliphatic rings. The van der Waals surface area contributed by atoms with E-state index in [1.54, 1.807) is 34.6 Å². The molecule has 1 amide bonds. The van der Waals surface area contributed by atoms with Gasteiger partial charge < -0.3 is 14.8 Å². The molecular formula is C27H39FN3O3+. The minimum absolute atomic E-state index is 0.157. The van der Waals surface area contributed by atoms with Crippen molar-refractivity contribution >= 4 is 12.8 Å². The standard InChI is InChI=1S/C27H39FN3O3/c1-19(2)29-18-23-14-13-22(17-30-23)20-9-11-21(12-10-20)24(15-16-28)33-27(6,7)31(8)25(32)34-26(3,4)5/h9-14,17,19,24,29H,8,15-16,18H2,1-7H3/q+1. The van der Waals surface area contributed by atoms with Crippen molar-refractivity contribution < 1.29 is 23.2 Å². The number of pyridine rings is 1. The van der Waals surface area contributed by atoms with Gasteiger partial charge in [0.1, 0.15) is 12.3 Å². The van der Waals surface area contributed by atoms with Gasteiger partial charge >= 0.3 is 6.09 Å². The fourth-order valence-corrected chi connectivity index (χ4v) is 3.24. The number of nitrogens with zero attached hydrogens (tertiary/aromatic N) is 2. The lowest BCUT2D eigenvalue weighted by atomic mass is 10.0. The zero-order chi connectivity index (χ0) is 25.5. The first-order valence-electron chi connectivity index (χ1n) is 11.7. The van der Waals surface area contributed by atoms with Crippen LogP contribution in [0.2, 0.25) is 0 Å². The number of benzene rings is 1. The lowest BCUT2D eigenvalue weighted by Crippen LogP contribution is -2.45. The number of carbonyl (C=O) groups excluding carboxylic acids is 1. The Labute approximate surface area is 203 Å². The van der Waals surface area contributed by atoms with Crippen LogP contribution < -0.4 is 5.32 Å². The van der Waals surface area contributed by atoms with Gasteiger partial charge in [0.15, 0.2) is 0 Å². The molecule has 0 bridgehead atoms. The fraction of sp³-hybridized carbons (Fsp3) is 0.519. The summed E-state index contributed by atoms with van der Waals surface area (Å²) in [4.78, 5) is 17.0. The number of hydrogen-bond acceptors (Lipinski definition) is 5. The van der Waals surface area contributed by atoms with Crippen LogP contribution in [0.4, 0.5) is 9.18 Å². The van der Waals surface area contributed by atoms with E-state index in [4.69, 9.17) is 9.47 Å². The van der Waals surface area contributed by atoms with E-state index in [-0.39, 0.29) is 6.42 Å². The zero-order valence-corrected chi connectivity index (χ0v) is 21.5. The first-order chi connectivity index (χ1) is 15.8. The third-order valence-corrected chi connectivity index (χ3v) is 5.20. The Balaban J connectivity index is 2.14. The second-order valence-electron chi connectivity index (χ2n) is 10.1. The molecule has 2 aromatic rings. The van der Waals surface area contributed by atoms with E-state index in [0.29, 0.717) is 6.04 Å². The molecule has 0 saturated heterocycles. The number of amides is 1. The van der Waals surface area contributed by atoms with E-state index in [1.165, 1.54) is 0 Å². The Morgan fingerprint density at radius 1 is 1.09 bits per heavy atom. The highest BCUT2D eigenvalue weighted by molar-refractivity contribution is 5.63. The molecule has 34 heavy (non-hydrogen) atoms. The van der Waals surface area contributed by atoms with Gasteiger partial charge in [-0.1, -0.05) is 44.2 Å². The monoisotopic (exact) mass is 472 g/mol. The van der Waals surface area contributed by atoms with Gasteiger partial charge in [-0.2, -0.15) is 4.79 Å². The molecular weight excluding hydrogens is 433 g/mol. The molecule has 1 atom stereocenters. The topological polar surface area (TPSA) is 63.5 Å². The molecule has 186 valence electrons. The van der Waals surface area contributed by atoms with Crippen molar-refractivity contribution in [2.45, 2.75) is 84.9 Å². The number of rotatable bonds is 10. The summed E-state index contributed by atoms with van der Waals surface area (Å²) in [6.07, 6.45) is 0.853. The first-order valence-corrected chi connectivity index (χ1v) is 11.7. The van der Waals surface area contributed by atoms with Crippen molar-refractivity contribution in [3.63, 3.8) is 0 Å².